The van der Waals surface area contributed by atoms with E-state index in [4.69, 9.17) is 4.52 Å². The number of likely N-dealkylation sites (tertiary alicyclic amines) is 1. The van der Waals surface area contributed by atoms with Crippen LogP contribution in [0.2, 0.25) is 0 Å². The fourth-order valence-electron chi connectivity index (χ4n) is 3.98. The average molecular weight is 414 g/mol. The number of rotatable bonds is 5. The second-order valence-corrected chi connectivity index (χ2v) is 7.70. The first-order valence-corrected chi connectivity index (χ1v) is 10.4. The number of carbonyl (C=O) groups is 1. The minimum Gasteiger partial charge on any atom is -0.339 e. The largest absolute Gasteiger partial charge is 0.339 e. The minimum atomic E-state index is 0.0644. The van der Waals surface area contributed by atoms with Crippen LogP contribution in [-0.2, 0) is 6.42 Å². The van der Waals surface area contributed by atoms with Gasteiger partial charge in [0.15, 0.2) is 0 Å². The lowest BCUT2D eigenvalue weighted by Crippen LogP contribution is -2.40. The summed E-state index contributed by atoms with van der Waals surface area (Å²) in [7, 11) is 0. The molecule has 0 saturated carbocycles. The van der Waals surface area contributed by atoms with Gasteiger partial charge in [0.25, 0.3) is 5.91 Å². The maximum absolute atomic E-state index is 13.0. The van der Waals surface area contributed by atoms with Crippen LogP contribution in [0.1, 0.15) is 29.1 Å². The predicted molar refractivity (Wildman–Crippen MR) is 113 cm³/mol. The van der Waals surface area contributed by atoms with Crippen LogP contribution in [0.4, 0.5) is 0 Å². The van der Waals surface area contributed by atoms with Crippen molar-refractivity contribution in [3.05, 3.63) is 78.8 Å². The third kappa shape index (κ3) is 4.23. The molecular formula is C23H22N6O2. The van der Waals surface area contributed by atoms with E-state index in [-0.39, 0.29) is 11.8 Å². The van der Waals surface area contributed by atoms with Gasteiger partial charge < -0.3 is 14.0 Å². The Kier molecular flexibility index (Phi) is 5.26. The van der Waals surface area contributed by atoms with Crippen molar-refractivity contribution in [1.29, 1.82) is 0 Å². The molecule has 0 N–H and O–H groups in total. The highest BCUT2D eigenvalue weighted by molar-refractivity contribution is 5.94. The normalized spacial score (nSPS) is 16.4. The van der Waals surface area contributed by atoms with Gasteiger partial charge in [-0.1, -0.05) is 5.16 Å². The molecule has 5 rings (SSSR count). The second-order valence-electron chi connectivity index (χ2n) is 7.70. The first-order valence-electron chi connectivity index (χ1n) is 10.4. The smallest absolute Gasteiger partial charge is 0.253 e. The second kappa shape index (κ2) is 8.51. The number of hydrogen-bond donors (Lipinski definition) is 0. The first kappa shape index (κ1) is 19.2. The van der Waals surface area contributed by atoms with Gasteiger partial charge in [-0.3, -0.25) is 9.78 Å². The van der Waals surface area contributed by atoms with E-state index in [1.54, 1.807) is 18.6 Å². The van der Waals surface area contributed by atoms with E-state index in [0.29, 0.717) is 35.9 Å². The molecule has 8 nitrogen and oxygen atoms in total. The van der Waals surface area contributed by atoms with E-state index in [2.05, 4.69) is 20.1 Å². The highest BCUT2D eigenvalue weighted by Crippen LogP contribution is 2.23. The summed E-state index contributed by atoms with van der Waals surface area (Å²) >= 11 is 0. The van der Waals surface area contributed by atoms with Crippen molar-refractivity contribution in [3.63, 3.8) is 0 Å². The number of nitrogens with zero attached hydrogens (tertiary/aromatic N) is 6. The molecule has 156 valence electrons. The molecule has 0 bridgehead atoms. The lowest BCUT2D eigenvalue weighted by molar-refractivity contribution is 0.0668. The van der Waals surface area contributed by atoms with Crippen molar-refractivity contribution in [2.45, 2.75) is 19.3 Å². The molecule has 1 atom stereocenters. The Morgan fingerprint density at radius 3 is 2.74 bits per heavy atom. The number of piperidine rings is 1. The van der Waals surface area contributed by atoms with Gasteiger partial charge in [-0.15, -0.1) is 0 Å². The van der Waals surface area contributed by atoms with Gasteiger partial charge in [0.05, 0.1) is 6.20 Å². The Balaban J connectivity index is 1.23. The first-order chi connectivity index (χ1) is 15.3. The molecule has 3 aromatic heterocycles. The topological polar surface area (TPSA) is 89.9 Å². The summed E-state index contributed by atoms with van der Waals surface area (Å²) in [5, 5.41) is 4.01. The fourth-order valence-corrected chi connectivity index (χ4v) is 3.98. The van der Waals surface area contributed by atoms with Gasteiger partial charge in [0.1, 0.15) is 5.69 Å². The lowest BCUT2D eigenvalue weighted by Gasteiger charge is -2.32. The molecule has 4 heterocycles. The average Bonchev–Trinajstić information content (AvgIpc) is 3.52. The van der Waals surface area contributed by atoms with Crippen LogP contribution in [0.25, 0.3) is 17.2 Å². The zero-order valence-electron chi connectivity index (χ0n) is 17.0. The summed E-state index contributed by atoms with van der Waals surface area (Å²) in [6.07, 6.45) is 11.4. The third-order valence-electron chi connectivity index (χ3n) is 5.55. The van der Waals surface area contributed by atoms with Gasteiger partial charge >= 0.3 is 0 Å². The quantitative estimate of drug-likeness (QED) is 0.497. The van der Waals surface area contributed by atoms with E-state index in [0.717, 1.165) is 25.1 Å². The van der Waals surface area contributed by atoms with Crippen LogP contribution in [0.5, 0.6) is 0 Å². The Bertz CT molecular complexity index is 1140. The summed E-state index contributed by atoms with van der Waals surface area (Å²) < 4.78 is 7.43. The Hall–Kier alpha value is -3.81. The summed E-state index contributed by atoms with van der Waals surface area (Å²) in [5.41, 5.74) is 2.33. The molecule has 0 spiro atoms. The van der Waals surface area contributed by atoms with Gasteiger partial charge in [-0.25, -0.2) is 4.98 Å². The molecule has 31 heavy (non-hydrogen) atoms. The molecule has 1 aromatic carbocycles. The van der Waals surface area contributed by atoms with Crippen LogP contribution in [-0.4, -0.2) is 48.6 Å². The zero-order valence-corrected chi connectivity index (χ0v) is 17.0. The summed E-state index contributed by atoms with van der Waals surface area (Å²) in [6, 6.07) is 11.7. The number of hydrogen-bond acceptors (Lipinski definition) is 6. The van der Waals surface area contributed by atoms with Crippen molar-refractivity contribution < 1.29 is 9.32 Å². The molecule has 0 radical (unpaired) electrons. The molecular weight excluding hydrogens is 392 g/mol. The molecule has 8 heteroatoms. The number of carbonyl (C=O) groups excluding carboxylic acids is 1. The van der Waals surface area contributed by atoms with Gasteiger partial charge in [-0.2, -0.15) is 4.98 Å². The predicted octanol–water partition coefficient (Wildman–Crippen LogP) is 3.41. The maximum atomic E-state index is 13.0. The van der Waals surface area contributed by atoms with Crippen molar-refractivity contribution in [2.24, 2.45) is 5.92 Å². The van der Waals surface area contributed by atoms with E-state index >= 15 is 0 Å². The van der Waals surface area contributed by atoms with E-state index < -0.39 is 0 Å². The molecule has 0 aliphatic carbocycles. The number of amides is 1. The summed E-state index contributed by atoms with van der Waals surface area (Å²) in [5.74, 6) is 1.35. The molecule has 1 aliphatic heterocycles. The third-order valence-corrected chi connectivity index (χ3v) is 5.55. The van der Waals surface area contributed by atoms with Gasteiger partial charge in [0, 0.05) is 55.5 Å². The summed E-state index contributed by atoms with van der Waals surface area (Å²) in [4.78, 5) is 27.6. The SMILES string of the molecule is O=C(c1ccc(-n2cccc2)cc1)N1CCC[C@H](Cc2nc(-c3cnccn3)no2)C1. The van der Waals surface area contributed by atoms with E-state index in [1.807, 2.05) is 58.3 Å². The van der Waals surface area contributed by atoms with Crippen molar-refractivity contribution in [3.8, 4) is 17.2 Å². The van der Waals surface area contributed by atoms with Crippen LogP contribution >= 0.6 is 0 Å². The summed E-state index contributed by atoms with van der Waals surface area (Å²) in [6.45, 7) is 1.45. The Labute approximate surface area is 179 Å². The molecule has 1 amide bonds. The van der Waals surface area contributed by atoms with E-state index in [9.17, 15) is 4.79 Å². The van der Waals surface area contributed by atoms with Crippen LogP contribution in [0.3, 0.4) is 0 Å². The van der Waals surface area contributed by atoms with E-state index in [1.165, 1.54) is 0 Å². The van der Waals surface area contributed by atoms with Crippen LogP contribution < -0.4 is 0 Å². The van der Waals surface area contributed by atoms with Crippen molar-refractivity contribution >= 4 is 5.91 Å². The lowest BCUT2D eigenvalue weighted by atomic mass is 9.94. The van der Waals surface area contributed by atoms with Crippen LogP contribution in [0, 0.1) is 5.92 Å². The fraction of sp³-hybridized carbons (Fsp3) is 0.261. The number of aromatic nitrogens is 5. The van der Waals surface area contributed by atoms with Gasteiger partial charge in [0.2, 0.25) is 11.7 Å². The zero-order chi connectivity index (χ0) is 21.0. The minimum absolute atomic E-state index is 0.0644. The van der Waals surface area contributed by atoms with Crippen molar-refractivity contribution in [1.82, 2.24) is 29.6 Å². The van der Waals surface area contributed by atoms with Gasteiger partial charge in [-0.05, 0) is 55.2 Å². The molecule has 1 fully saturated rings. The molecule has 4 aromatic rings. The maximum Gasteiger partial charge on any atom is 0.253 e. The Morgan fingerprint density at radius 1 is 1.13 bits per heavy atom. The van der Waals surface area contributed by atoms with Crippen molar-refractivity contribution in [2.75, 3.05) is 13.1 Å². The standard InChI is InChI=1S/C23H22N6O2/c30-23(18-5-7-19(8-6-18)28-11-1-2-12-28)29-13-3-4-17(16-29)14-21-26-22(27-31-21)20-15-24-9-10-25-20/h1-2,5-12,15,17H,3-4,13-14,16H2/t17-/m1/s1. The molecule has 1 aliphatic rings. The Morgan fingerprint density at radius 2 is 1.97 bits per heavy atom. The highest BCUT2D eigenvalue weighted by atomic mass is 16.5. The monoisotopic (exact) mass is 414 g/mol. The van der Waals surface area contributed by atoms with Crippen LogP contribution in [0.15, 0.2) is 71.9 Å². The molecule has 1 saturated heterocycles. The molecule has 0 unspecified atom stereocenters. The number of benzene rings is 1. The highest BCUT2D eigenvalue weighted by Gasteiger charge is 2.26.